The highest BCUT2D eigenvalue weighted by atomic mass is 32.2. The van der Waals surface area contributed by atoms with Crippen LogP contribution in [0.15, 0.2) is 23.2 Å². The Morgan fingerprint density at radius 2 is 2.19 bits per heavy atom. The van der Waals surface area contributed by atoms with Crippen LogP contribution in [-0.4, -0.2) is 54.0 Å². The number of aromatic nitrogens is 1. The molecule has 0 bridgehead atoms. The third kappa shape index (κ3) is 4.05. The Labute approximate surface area is 162 Å². The lowest BCUT2D eigenvalue weighted by atomic mass is 10.2. The first-order valence-corrected chi connectivity index (χ1v) is 12.5. The summed E-state index contributed by atoms with van der Waals surface area (Å²) in [6.45, 7) is 3.19. The fourth-order valence-corrected chi connectivity index (χ4v) is 5.86. The maximum absolute atomic E-state index is 12.8. The number of carbonyl (C=O) groups is 1. The molecule has 0 saturated carbocycles. The SMILES string of the molecule is CSCCn1c(=NC(=O)C2CCCN2S(C)(=O)=O)sc2cc(C)ccc21. The minimum Gasteiger partial charge on any atom is -0.316 e. The lowest BCUT2D eigenvalue weighted by molar-refractivity contribution is -0.121. The molecule has 1 aromatic carbocycles. The van der Waals surface area contributed by atoms with Gasteiger partial charge in [0.25, 0.3) is 5.91 Å². The molecule has 6 nitrogen and oxygen atoms in total. The molecular weight excluding hydrogens is 390 g/mol. The standard InChI is InChI=1S/C17H23N3O3S3/c1-12-6-7-13-15(11-12)25-17(19(13)9-10-24-2)18-16(21)14-5-4-8-20(14)26(3,22)23/h6-7,11,14H,4-5,8-10H2,1-3H3. The van der Waals surface area contributed by atoms with Gasteiger partial charge in [0.1, 0.15) is 6.04 Å². The van der Waals surface area contributed by atoms with E-state index in [0.29, 0.717) is 24.2 Å². The molecule has 0 spiro atoms. The van der Waals surface area contributed by atoms with Crippen LogP contribution in [0.4, 0.5) is 0 Å². The van der Waals surface area contributed by atoms with E-state index in [4.69, 9.17) is 0 Å². The average Bonchev–Trinajstić information content (AvgIpc) is 3.17. The summed E-state index contributed by atoms with van der Waals surface area (Å²) in [5.41, 5.74) is 2.22. The zero-order valence-electron chi connectivity index (χ0n) is 15.1. The molecule has 2 aromatic rings. The number of rotatable bonds is 5. The van der Waals surface area contributed by atoms with Gasteiger partial charge in [0.2, 0.25) is 10.0 Å². The molecule has 3 rings (SSSR count). The molecule has 1 aromatic heterocycles. The van der Waals surface area contributed by atoms with E-state index in [-0.39, 0.29) is 5.91 Å². The molecule has 9 heteroatoms. The summed E-state index contributed by atoms with van der Waals surface area (Å²) < 4.78 is 28.3. The molecule has 1 unspecified atom stereocenters. The third-order valence-corrected chi connectivity index (χ3v) is 7.40. The molecule has 1 atom stereocenters. The normalized spacial score (nSPS) is 19.5. The van der Waals surface area contributed by atoms with Crippen LogP contribution >= 0.6 is 23.1 Å². The number of benzene rings is 1. The van der Waals surface area contributed by atoms with Gasteiger partial charge in [-0.05, 0) is 43.7 Å². The van der Waals surface area contributed by atoms with Crippen molar-refractivity contribution in [1.82, 2.24) is 8.87 Å². The maximum atomic E-state index is 12.8. The molecule has 1 aliphatic rings. The van der Waals surface area contributed by atoms with Crippen LogP contribution in [0.3, 0.4) is 0 Å². The van der Waals surface area contributed by atoms with Gasteiger partial charge < -0.3 is 4.57 Å². The van der Waals surface area contributed by atoms with Crippen LogP contribution in [0.2, 0.25) is 0 Å². The number of sulfonamides is 1. The third-order valence-electron chi connectivity index (χ3n) is 4.48. The Balaban J connectivity index is 2.04. The van der Waals surface area contributed by atoms with Crippen molar-refractivity contribution in [1.29, 1.82) is 0 Å². The van der Waals surface area contributed by atoms with Crippen molar-refractivity contribution in [2.75, 3.05) is 24.8 Å². The van der Waals surface area contributed by atoms with Gasteiger partial charge in [-0.25, -0.2) is 8.42 Å². The number of hydrogen-bond donors (Lipinski definition) is 0. The molecule has 1 amide bonds. The smallest absolute Gasteiger partial charge is 0.266 e. The van der Waals surface area contributed by atoms with Crippen molar-refractivity contribution in [2.45, 2.75) is 32.4 Å². The minimum absolute atomic E-state index is 0.367. The van der Waals surface area contributed by atoms with Crippen molar-refractivity contribution >= 4 is 49.2 Å². The monoisotopic (exact) mass is 413 g/mol. The van der Waals surface area contributed by atoms with Gasteiger partial charge in [-0.1, -0.05) is 17.4 Å². The molecule has 142 valence electrons. The van der Waals surface area contributed by atoms with Crippen LogP contribution in [-0.2, 0) is 21.4 Å². The van der Waals surface area contributed by atoms with Gasteiger partial charge in [0.05, 0.1) is 16.5 Å². The van der Waals surface area contributed by atoms with E-state index in [1.54, 1.807) is 11.8 Å². The number of fused-ring (bicyclic) bond motifs is 1. The lowest BCUT2D eigenvalue weighted by Crippen LogP contribution is -2.40. The predicted octanol–water partition coefficient (Wildman–Crippen LogP) is 2.23. The number of amides is 1. The Bertz CT molecular complexity index is 992. The summed E-state index contributed by atoms with van der Waals surface area (Å²) in [6, 6.07) is 5.53. The van der Waals surface area contributed by atoms with E-state index in [0.717, 1.165) is 34.3 Å². The molecule has 1 fully saturated rings. The first kappa shape index (κ1) is 19.6. The van der Waals surface area contributed by atoms with Crippen LogP contribution in [0.25, 0.3) is 10.2 Å². The van der Waals surface area contributed by atoms with E-state index >= 15 is 0 Å². The zero-order valence-corrected chi connectivity index (χ0v) is 17.6. The van der Waals surface area contributed by atoms with Gasteiger partial charge in [0.15, 0.2) is 4.80 Å². The summed E-state index contributed by atoms with van der Waals surface area (Å²) in [6.07, 6.45) is 4.42. The molecular formula is C17H23N3O3S3. The fourth-order valence-electron chi connectivity index (χ4n) is 3.22. The number of thiazole rings is 1. The van der Waals surface area contributed by atoms with Crippen LogP contribution in [0.5, 0.6) is 0 Å². The van der Waals surface area contributed by atoms with Crippen molar-refractivity contribution in [2.24, 2.45) is 4.99 Å². The summed E-state index contributed by atoms with van der Waals surface area (Å²) >= 11 is 3.22. The maximum Gasteiger partial charge on any atom is 0.266 e. The van der Waals surface area contributed by atoms with Crippen molar-refractivity contribution < 1.29 is 13.2 Å². The average molecular weight is 414 g/mol. The quantitative estimate of drug-likeness (QED) is 0.754. The van der Waals surface area contributed by atoms with Crippen molar-refractivity contribution in [3.8, 4) is 0 Å². The van der Waals surface area contributed by atoms with E-state index in [1.807, 2.05) is 13.2 Å². The topological polar surface area (TPSA) is 71.7 Å². The number of carbonyl (C=O) groups excluding carboxylic acids is 1. The summed E-state index contributed by atoms with van der Waals surface area (Å²) in [7, 11) is -3.40. The number of nitrogens with zero attached hydrogens (tertiary/aromatic N) is 3. The number of thioether (sulfide) groups is 1. The molecule has 0 radical (unpaired) electrons. The van der Waals surface area contributed by atoms with E-state index < -0.39 is 16.1 Å². The summed E-state index contributed by atoms with van der Waals surface area (Å²) in [5.74, 6) is 0.550. The highest BCUT2D eigenvalue weighted by Gasteiger charge is 2.36. The summed E-state index contributed by atoms with van der Waals surface area (Å²) in [4.78, 5) is 17.8. The first-order valence-electron chi connectivity index (χ1n) is 8.45. The Morgan fingerprint density at radius 1 is 1.42 bits per heavy atom. The van der Waals surface area contributed by atoms with E-state index in [2.05, 4.69) is 27.8 Å². The second kappa shape index (κ2) is 7.84. The van der Waals surface area contributed by atoms with Crippen LogP contribution in [0, 0.1) is 6.92 Å². The van der Waals surface area contributed by atoms with Gasteiger partial charge in [-0.3, -0.25) is 4.79 Å². The van der Waals surface area contributed by atoms with Crippen molar-refractivity contribution in [3.05, 3.63) is 28.6 Å². The largest absolute Gasteiger partial charge is 0.316 e. The number of aryl methyl sites for hydroxylation is 2. The zero-order chi connectivity index (χ0) is 18.9. The molecule has 0 aliphatic carbocycles. The molecule has 0 N–H and O–H groups in total. The van der Waals surface area contributed by atoms with Crippen LogP contribution < -0.4 is 4.80 Å². The Kier molecular flexibility index (Phi) is 5.91. The van der Waals surface area contributed by atoms with Gasteiger partial charge in [0, 0.05) is 18.8 Å². The second-order valence-electron chi connectivity index (χ2n) is 6.48. The Morgan fingerprint density at radius 3 is 2.88 bits per heavy atom. The molecule has 26 heavy (non-hydrogen) atoms. The fraction of sp³-hybridized carbons (Fsp3) is 0.529. The number of hydrogen-bond acceptors (Lipinski definition) is 5. The first-order chi connectivity index (χ1) is 12.3. The van der Waals surface area contributed by atoms with Gasteiger partial charge >= 0.3 is 0 Å². The second-order valence-corrected chi connectivity index (χ2v) is 10.4. The van der Waals surface area contributed by atoms with Gasteiger partial charge in [-0.15, -0.1) is 0 Å². The molecule has 2 heterocycles. The van der Waals surface area contributed by atoms with E-state index in [1.165, 1.54) is 15.6 Å². The van der Waals surface area contributed by atoms with E-state index in [9.17, 15) is 13.2 Å². The lowest BCUT2D eigenvalue weighted by Gasteiger charge is -2.18. The van der Waals surface area contributed by atoms with Crippen molar-refractivity contribution in [3.63, 3.8) is 0 Å². The minimum atomic E-state index is -3.40. The predicted molar refractivity (Wildman–Crippen MR) is 108 cm³/mol. The van der Waals surface area contributed by atoms with Crippen LogP contribution in [0.1, 0.15) is 18.4 Å². The highest BCUT2D eigenvalue weighted by Crippen LogP contribution is 2.22. The molecule has 1 saturated heterocycles. The Hall–Kier alpha value is -1.16. The molecule has 1 aliphatic heterocycles. The van der Waals surface area contributed by atoms with Gasteiger partial charge in [-0.2, -0.15) is 21.1 Å². The summed E-state index contributed by atoms with van der Waals surface area (Å²) in [5, 5.41) is 0. The highest BCUT2D eigenvalue weighted by molar-refractivity contribution is 7.98.